The highest BCUT2D eigenvalue weighted by atomic mass is 35.5. The first-order chi connectivity index (χ1) is 18.0. The molecule has 0 aliphatic rings. The first-order valence-corrected chi connectivity index (χ1v) is 12.2. The predicted octanol–water partition coefficient (Wildman–Crippen LogP) is 6.24. The summed E-state index contributed by atoms with van der Waals surface area (Å²) in [5, 5.41) is 5.79. The molecular formula is C30H25ClN4O2. The monoisotopic (exact) mass is 508 g/mol. The van der Waals surface area contributed by atoms with Gasteiger partial charge in [0.15, 0.2) is 5.82 Å². The molecule has 7 heteroatoms. The quantitative estimate of drug-likeness (QED) is 0.244. The molecule has 0 unspecified atom stereocenters. The Morgan fingerprint density at radius 2 is 1.68 bits per heavy atom. The number of aromatic nitrogens is 2. The normalized spacial score (nSPS) is 11.2. The average Bonchev–Trinajstić information content (AvgIpc) is 2.93. The van der Waals surface area contributed by atoms with Gasteiger partial charge < -0.3 is 9.64 Å². The summed E-state index contributed by atoms with van der Waals surface area (Å²) in [7, 11) is 3.94. The minimum Gasteiger partial charge on any atom is -0.488 e. The molecule has 0 spiro atoms. The van der Waals surface area contributed by atoms with E-state index >= 15 is 0 Å². The molecule has 6 nitrogen and oxygen atoms in total. The topological polar surface area (TPSA) is 59.7 Å². The third-order valence-electron chi connectivity index (χ3n) is 5.92. The van der Waals surface area contributed by atoms with Gasteiger partial charge >= 0.3 is 0 Å². The van der Waals surface area contributed by atoms with Gasteiger partial charge in [-0.15, -0.1) is 0 Å². The Labute approximate surface area is 220 Å². The zero-order valence-corrected chi connectivity index (χ0v) is 21.3. The van der Waals surface area contributed by atoms with E-state index in [9.17, 15) is 4.79 Å². The van der Waals surface area contributed by atoms with Crippen LogP contribution in [-0.2, 0) is 6.61 Å². The second-order valence-electron chi connectivity index (χ2n) is 8.71. The van der Waals surface area contributed by atoms with Crippen molar-refractivity contribution < 1.29 is 4.74 Å². The number of ether oxygens (including phenoxy) is 1. The van der Waals surface area contributed by atoms with Crippen molar-refractivity contribution in [2.75, 3.05) is 19.0 Å². The summed E-state index contributed by atoms with van der Waals surface area (Å²) in [6.45, 7) is 0.363. The van der Waals surface area contributed by atoms with E-state index in [0.717, 1.165) is 22.4 Å². The number of anilines is 1. The number of fused-ring (bicyclic) bond motifs is 1. The number of rotatable bonds is 7. The molecule has 0 radical (unpaired) electrons. The molecule has 0 fully saturated rings. The molecule has 1 heterocycles. The van der Waals surface area contributed by atoms with Gasteiger partial charge in [0.2, 0.25) is 0 Å². The fraction of sp³-hybridized carbons (Fsp3) is 0.100. The van der Waals surface area contributed by atoms with Gasteiger partial charge in [-0.3, -0.25) is 4.79 Å². The van der Waals surface area contributed by atoms with Crippen molar-refractivity contribution in [3.63, 3.8) is 0 Å². The Balaban J connectivity index is 1.57. The van der Waals surface area contributed by atoms with E-state index in [2.05, 4.69) is 5.10 Å². The van der Waals surface area contributed by atoms with Gasteiger partial charge in [0.05, 0.1) is 17.1 Å². The maximum atomic E-state index is 13.5. The largest absolute Gasteiger partial charge is 0.488 e. The smallest absolute Gasteiger partial charge is 0.282 e. The van der Waals surface area contributed by atoms with Crippen LogP contribution in [0.25, 0.3) is 22.3 Å². The van der Waals surface area contributed by atoms with E-state index in [-0.39, 0.29) is 5.56 Å². The summed E-state index contributed by atoms with van der Waals surface area (Å²) >= 11 is 6.02. The molecule has 37 heavy (non-hydrogen) atoms. The van der Waals surface area contributed by atoms with Crippen molar-refractivity contribution in [1.29, 1.82) is 0 Å². The van der Waals surface area contributed by atoms with E-state index in [1.54, 1.807) is 12.3 Å². The molecule has 5 rings (SSSR count). The van der Waals surface area contributed by atoms with Gasteiger partial charge in [0, 0.05) is 42.0 Å². The maximum Gasteiger partial charge on any atom is 0.282 e. The van der Waals surface area contributed by atoms with Crippen molar-refractivity contribution in [3.8, 4) is 17.1 Å². The highest BCUT2D eigenvalue weighted by molar-refractivity contribution is 6.30. The van der Waals surface area contributed by atoms with Crippen molar-refractivity contribution in [1.82, 2.24) is 9.66 Å². The van der Waals surface area contributed by atoms with Crippen LogP contribution >= 0.6 is 11.6 Å². The number of para-hydroxylation sites is 1. The number of hydrogen-bond acceptors (Lipinski definition) is 5. The van der Waals surface area contributed by atoms with Gasteiger partial charge in [-0.05, 0) is 42.0 Å². The second-order valence-corrected chi connectivity index (χ2v) is 9.15. The lowest BCUT2D eigenvalue weighted by atomic mass is 10.1. The molecule has 0 N–H and O–H groups in total. The van der Waals surface area contributed by atoms with Crippen LogP contribution in [-0.4, -0.2) is 30.0 Å². The maximum absolute atomic E-state index is 13.5. The van der Waals surface area contributed by atoms with Crippen LogP contribution < -0.4 is 15.2 Å². The van der Waals surface area contributed by atoms with Gasteiger partial charge in [0.25, 0.3) is 5.56 Å². The lowest BCUT2D eigenvalue weighted by Crippen LogP contribution is -2.20. The van der Waals surface area contributed by atoms with E-state index < -0.39 is 0 Å². The molecule has 0 saturated heterocycles. The SMILES string of the molecule is CN(C)c1ccc(C=Nn2c(-c3ccccc3)nc3ccccc3c2=O)c(OCc2ccc(Cl)cc2)c1. The molecule has 0 aliphatic carbocycles. The van der Waals surface area contributed by atoms with E-state index in [4.69, 9.17) is 21.3 Å². The Hall–Kier alpha value is -4.42. The van der Waals surface area contributed by atoms with Crippen LogP contribution in [0.3, 0.4) is 0 Å². The van der Waals surface area contributed by atoms with Crippen molar-refractivity contribution in [3.05, 3.63) is 124 Å². The Kier molecular flexibility index (Phi) is 7.01. The van der Waals surface area contributed by atoms with Crippen LogP contribution in [0.4, 0.5) is 5.69 Å². The summed E-state index contributed by atoms with van der Waals surface area (Å²) < 4.78 is 7.54. The average molecular weight is 509 g/mol. The Morgan fingerprint density at radius 1 is 0.946 bits per heavy atom. The fourth-order valence-corrected chi connectivity index (χ4v) is 4.03. The Morgan fingerprint density at radius 3 is 2.43 bits per heavy atom. The molecule has 184 valence electrons. The van der Waals surface area contributed by atoms with Crippen LogP contribution in [0.5, 0.6) is 5.75 Å². The molecule has 0 saturated carbocycles. The third-order valence-corrected chi connectivity index (χ3v) is 6.17. The molecule has 0 aliphatic heterocycles. The Bertz CT molecular complexity index is 1630. The molecular weight excluding hydrogens is 484 g/mol. The fourth-order valence-electron chi connectivity index (χ4n) is 3.90. The zero-order valence-electron chi connectivity index (χ0n) is 20.5. The first-order valence-electron chi connectivity index (χ1n) is 11.8. The second kappa shape index (κ2) is 10.7. The summed E-state index contributed by atoms with van der Waals surface area (Å²) in [4.78, 5) is 20.2. The number of benzene rings is 4. The van der Waals surface area contributed by atoms with Crippen molar-refractivity contribution in [2.45, 2.75) is 6.61 Å². The van der Waals surface area contributed by atoms with E-state index in [1.807, 2.05) is 110 Å². The lowest BCUT2D eigenvalue weighted by molar-refractivity contribution is 0.306. The van der Waals surface area contributed by atoms with Crippen molar-refractivity contribution >= 4 is 34.4 Å². The van der Waals surface area contributed by atoms with Crippen LogP contribution in [0.15, 0.2) is 107 Å². The van der Waals surface area contributed by atoms with E-state index in [0.29, 0.717) is 34.1 Å². The summed E-state index contributed by atoms with van der Waals surface area (Å²) in [6, 6.07) is 30.3. The minimum absolute atomic E-state index is 0.241. The molecule has 0 bridgehead atoms. The standard InChI is InChI=1S/C30H25ClN4O2/c1-34(2)25-17-14-23(28(18-25)37-20-21-12-15-24(31)16-13-21)19-32-35-29(22-8-4-3-5-9-22)33-27-11-7-6-10-26(27)30(35)36/h3-19H,20H2,1-2H3. The van der Waals surface area contributed by atoms with Gasteiger partial charge in [0.1, 0.15) is 12.4 Å². The van der Waals surface area contributed by atoms with Crippen LogP contribution in [0, 0.1) is 0 Å². The number of hydrogen-bond donors (Lipinski definition) is 0. The molecule has 4 aromatic carbocycles. The van der Waals surface area contributed by atoms with E-state index in [1.165, 1.54) is 4.68 Å². The minimum atomic E-state index is -0.241. The number of halogens is 1. The third kappa shape index (κ3) is 5.39. The molecule has 5 aromatic rings. The molecule has 0 atom stereocenters. The summed E-state index contributed by atoms with van der Waals surface area (Å²) in [5.41, 5.74) is 3.89. The molecule has 1 aromatic heterocycles. The first kappa shape index (κ1) is 24.3. The van der Waals surface area contributed by atoms with Gasteiger partial charge in [-0.25, -0.2) is 4.98 Å². The lowest BCUT2D eigenvalue weighted by Gasteiger charge is -2.16. The van der Waals surface area contributed by atoms with Crippen molar-refractivity contribution in [2.24, 2.45) is 5.10 Å². The highest BCUT2D eigenvalue weighted by Gasteiger charge is 2.13. The van der Waals surface area contributed by atoms with Crippen LogP contribution in [0.1, 0.15) is 11.1 Å². The number of nitrogens with zero attached hydrogens (tertiary/aromatic N) is 4. The zero-order chi connectivity index (χ0) is 25.8. The predicted molar refractivity (Wildman–Crippen MR) is 151 cm³/mol. The van der Waals surface area contributed by atoms with Crippen LogP contribution in [0.2, 0.25) is 5.02 Å². The molecule has 0 amide bonds. The highest BCUT2D eigenvalue weighted by Crippen LogP contribution is 2.26. The van der Waals surface area contributed by atoms with Gasteiger partial charge in [-0.2, -0.15) is 9.78 Å². The van der Waals surface area contributed by atoms with Gasteiger partial charge in [-0.1, -0.05) is 66.2 Å². The summed E-state index contributed by atoms with van der Waals surface area (Å²) in [5.74, 6) is 1.11. The summed E-state index contributed by atoms with van der Waals surface area (Å²) in [6.07, 6.45) is 1.64.